The van der Waals surface area contributed by atoms with Crippen LogP contribution >= 0.6 is 11.6 Å². The summed E-state index contributed by atoms with van der Waals surface area (Å²) in [5.74, 6) is -0.305. The van der Waals surface area contributed by atoms with Crippen LogP contribution in [-0.4, -0.2) is 34.7 Å². The second-order valence-corrected chi connectivity index (χ2v) is 8.96. The van der Waals surface area contributed by atoms with Crippen molar-refractivity contribution in [3.05, 3.63) is 58.7 Å². The van der Waals surface area contributed by atoms with Crippen LogP contribution in [0, 0.1) is 0 Å². The first-order valence-electron chi connectivity index (χ1n) is 10.8. The Hall–Kier alpha value is -2.86. The first-order chi connectivity index (χ1) is 15.0. The molecule has 0 saturated carbocycles. The quantitative estimate of drug-likeness (QED) is 0.627. The van der Waals surface area contributed by atoms with Crippen LogP contribution in [0.4, 0.5) is 5.69 Å². The van der Waals surface area contributed by atoms with E-state index in [2.05, 4.69) is 45.6 Å². The van der Waals surface area contributed by atoms with Gasteiger partial charge in [0.25, 0.3) is 0 Å². The van der Waals surface area contributed by atoms with E-state index in [1.807, 2.05) is 23.9 Å². The molecule has 5 rings (SSSR count). The molecule has 6 nitrogen and oxygen atoms in total. The number of hydrogen-bond donors (Lipinski definition) is 1. The van der Waals surface area contributed by atoms with Crippen molar-refractivity contribution in [1.82, 2.24) is 15.1 Å². The molecule has 0 radical (unpaired) electrons. The third-order valence-electron chi connectivity index (χ3n) is 6.63. The van der Waals surface area contributed by atoms with Gasteiger partial charge in [-0.05, 0) is 61.1 Å². The van der Waals surface area contributed by atoms with E-state index in [4.69, 9.17) is 11.6 Å². The Labute approximate surface area is 186 Å². The van der Waals surface area contributed by atoms with Crippen LogP contribution in [0.15, 0.2) is 42.5 Å². The SMILES string of the molecule is Cn1nc(C2CCC(=O)NC2=O)c2ccc(C3CCN(c4ccc(Cl)cc4)CC3)cc21. The van der Waals surface area contributed by atoms with Gasteiger partial charge >= 0.3 is 0 Å². The van der Waals surface area contributed by atoms with Gasteiger partial charge in [-0.25, -0.2) is 0 Å². The molecule has 1 unspecified atom stereocenters. The fraction of sp³-hybridized carbons (Fsp3) is 0.375. The van der Waals surface area contributed by atoms with Gasteiger partial charge in [-0.3, -0.25) is 19.6 Å². The number of imide groups is 1. The highest BCUT2D eigenvalue weighted by molar-refractivity contribution is 6.30. The van der Waals surface area contributed by atoms with E-state index in [0.717, 1.165) is 47.6 Å². The van der Waals surface area contributed by atoms with E-state index < -0.39 is 0 Å². The zero-order chi connectivity index (χ0) is 21.5. The van der Waals surface area contributed by atoms with Gasteiger partial charge in [-0.15, -0.1) is 0 Å². The number of nitrogens with one attached hydrogen (secondary N) is 1. The van der Waals surface area contributed by atoms with Gasteiger partial charge in [-0.2, -0.15) is 5.10 Å². The Morgan fingerprint density at radius 1 is 1.03 bits per heavy atom. The number of nitrogens with zero attached hydrogens (tertiary/aromatic N) is 3. The van der Waals surface area contributed by atoms with Crippen LogP contribution in [-0.2, 0) is 16.6 Å². The number of fused-ring (bicyclic) bond motifs is 1. The van der Waals surface area contributed by atoms with Crippen LogP contribution in [0.1, 0.15) is 48.8 Å². The zero-order valence-electron chi connectivity index (χ0n) is 17.5. The molecule has 3 heterocycles. The topological polar surface area (TPSA) is 67.2 Å². The minimum atomic E-state index is -0.366. The number of carbonyl (C=O) groups excluding carboxylic acids is 2. The molecule has 2 amide bonds. The molecule has 160 valence electrons. The molecule has 1 aromatic heterocycles. The normalized spacial score (nSPS) is 20.3. The van der Waals surface area contributed by atoms with Crippen molar-refractivity contribution in [1.29, 1.82) is 0 Å². The highest BCUT2D eigenvalue weighted by Crippen LogP contribution is 2.35. The zero-order valence-corrected chi connectivity index (χ0v) is 18.2. The number of hydrogen-bond acceptors (Lipinski definition) is 4. The Morgan fingerprint density at radius 3 is 2.48 bits per heavy atom. The second-order valence-electron chi connectivity index (χ2n) is 8.53. The third kappa shape index (κ3) is 3.81. The monoisotopic (exact) mass is 436 g/mol. The predicted octanol–water partition coefficient (Wildman–Crippen LogP) is 4.13. The van der Waals surface area contributed by atoms with Crippen molar-refractivity contribution in [2.45, 2.75) is 37.5 Å². The van der Waals surface area contributed by atoms with Gasteiger partial charge in [0.2, 0.25) is 11.8 Å². The Kier molecular flexibility index (Phi) is 5.18. The molecule has 31 heavy (non-hydrogen) atoms. The van der Waals surface area contributed by atoms with E-state index in [-0.39, 0.29) is 17.7 Å². The molecule has 3 aromatic rings. The molecule has 2 fully saturated rings. The Balaban J connectivity index is 1.35. The smallest absolute Gasteiger partial charge is 0.235 e. The number of piperidine rings is 2. The number of halogens is 1. The minimum absolute atomic E-state index is 0.200. The fourth-order valence-electron chi connectivity index (χ4n) is 4.89. The van der Waals surface area contributed by atoms with Crippen molar-refractivity contribution in [3.63, 3.8) is 0 Å². The van der Waals surface area contributed by atoms with Gasteiger partial charge in [0.1, 0.15) is 0 Å². The van der Waals surface area contributed by atoms with Crippen LogP contribution in [0.3, 0.4) is 0 Å². The summed E-state index contributed by atoms with van der Waals surface area (Å²) in [6.07, 6.45) is 3.05. The van der Waals surface area contributed by atoms with Crippen molar-refractivity contribution in [3.8, 4) is 0 Å². The molecule has 0 aliphatic carbocycles. The number of anilines is 1. The molecule has 1 N–H and O–H groups in total. The summed E-state index contributed by atoms with van der Waals surface area (Å²) in [6, 6.07) is 14.6. The molecule has 2 saturated heterocycles. The summed E-state index contributed by atoms with van der Waals surface area (Å²) in [5, 5.41) is 8.87. The maximum atomic E-state index is 12.3. The lowest BCUT2D eigenvalue weighted by Crippen LogP contribution is -2.39. The summed E-state index contributed by atoms with van der Waals surface area (Å²) in [6.45, 7) is 2.02. The lowest BCUT2D eigenvalue weighted by Gasteiger charge is -2.34. The molecule has 0 bridgehead atoms. The van der Waals surface area contributed by atoms with Crippen molar-refractivity contribution >= 4 is 40.0 Å². The molecule has 7 heteroatoms. The number of carbonyl (C=O) groups is 2. The number of aromatic nitrogens is 2. The van der Waals surface area contributed by atoms with E-state index >= 15 is 0 Å². The van der Waals surface area contributed by atoms with Crippen molar-refractivity contribution < 1.29 is 9.59 Å². The lowest BCUT2D eigenvalue weighted by molar-refractivity contribution is -0.134. The van der Waals surface area contributed by atoms with Crippen molar-refractivity contribution in [2.24, 2.45) is 7.05 Å². The van der Waals surface area contributed by atoms with Crippen LogP contribution in [0.25, 0.3) is 10.9 Å². The molecular formula is C24H25ClN4O2. The molecular weight excluding hydrogens is 412 g/mol. The maximum Gasteiger partial charge on any atom is 0.235 e. The van der Waals surface area contributed by atoms with Gasteiger partial charge in [0, 0.05) is 42.7 Å². The number of rotatable bonds is 3. The molecule has 2 aliphatic rings. The number of benzene rings is 2. The van der Waals surface area contributed by atoms with Crippen LogP contribution in [0.5, 0.6) is 0 Å². The van der Waals surface area contributed by atoms with Gasteiger partial charge in [0.15, 0.2) is 0 Å². The first-order valence-corrected chi connectivity index (χ1v) is 11.2. The highest BCUT2D eigenvalue weighted by atomic mass is 35.5. The molecule has 1 atom stereocenters. The maximum absolute atomic E-state index is 12.3. The average molecular weight is 437 g/mol. The fourth-order valence-corrected chi connectivity index (χ4v) is 5.02. The minimum Gasteiger partial charge on any atom is -0.371 e. The molecule has 0 spiro atoms. The highest BCUT2D eigenvalue weighted by Gasteiger charge is 2.32. The van der Waals surface area contributed by atoms with Crippen LogP contribution in [0.2, 0.25) is 5.02 Å². The van der Waals surface area contributed by atoms with Gasteiger partial charge in [-0.1, -0.05) is 23.7 Å². The standard InChI is InChI=1S/C24H25ClN4O2/c1-28-21-14-16(15-10-12-29(13-11-15)18-5-3-17(25)4-6-18)2-7-19(21)23(27-28)20-8-9-22(30)26-24(20)31/h2-7,14-15,20H,8-13H2,1H3,(H,26,30,31). The largest absolute Gasteiger partial charge is 0.371 e. The summed E-state index contributed by atoms with van der Waals surface area (Å²) in [7, 11) is 1.92. The van der Waals surface area contributed by atoms with Gasteiger partial charge < -0.3 is 4.90 Å². The first kappa shape index (κ1) is 20.1. The van der Waals surface area contributed by atoms with Crippen LogP contribution < -0.4 is 10.2 Å². The van der Waals surface area contributed by atoms with Gasteiger partial charge in [0.05, 0.1) is 17.1 Å². The second kappa shape index (κ2) is 8.00. The third-order valence-corrected chi connectivity index (χ3v) is 6.88. The van der Waals surface area contributed by atoms with E-state index in [1.54, 1.807) is 0 Å². The summed E-state index contributed by atoms with van der Waals surface area (Å²) in [4.78, 5) is 26.3. The predicted molar refractivity (Wildman–Crippen MR) is 121 cm³/mol. The number of amides is 2. The van der Waals surface area contributed by atoms with E-state index in [1.165, 1.54) is 11.3 Å². The molecule has 2 aromatic carbocycles. The van der Waals surface area contributed by atoms with E-state index in [9.17, 15) is 9.59 Å². The van der Waals surface area contributed by atoms with E-state index in [0.29, 0.717) is 18.8 Å². The summed E-state index contributed by atoms with van der Waals surface area (Å²) in [5.41, 5.74) is 4.35. The Bertz CT molecular complexity index is 1150. The summed E-state index contributed by atoms with van der Waals surface area (Å²) >= 11 is 6.02. The molecule has 2 aliphatic heterocycles. The Morgan fingerprint density at radius 2 is 1.77 bits per heavy atom. The lowest BCUT2D eigenvalue weighted by atomic mass is 9.87. The summed E-state index contributed by atoms with van der Waals surface area (Å²) < 4.78 is 1.86. The average Bonchev–Trinajstić information content (AvgIpc) is 3.10. The number of aryl methyl sites for hydroxylation is 1. The van der Waals surface area contributed by atoms with Crippen molar-refractivity contribution in [2.75, 3.05) is 18.0 Å².